The molecule has 118 valence electrons. The summed E-state index contributed by atoms with van der Waals surface area (Å²) in [6.45, 7) is 6.55. The fourth-order valence-corrected chi connectivity index (χ4v) is 3.17. The molecule has 1 atom stereocenters. The Morgan fingerprint density at radius 3 is 2.59 bits per heavy atom. The van der Waals surface area contributed by atoms with E-state index in [0.717, 1.165) is 21.1 Å². The number of ether oxygens (including phenoxy) is 1. The first kappa shape index (κ1) is 16.6. The third kappa shape index (κ3) is 4.15. The van der Waals surface area contributed by atoms with Crippen molar-refractivity contribution in [1.29, 1.82) is 0 Å². The zero-order chi connectivity index (χ0) is 16.1. The number of hydrogen-bond acceptors (Lipinski definition) is 4. The summed E-state index contributed by atoms with van der Waals surface area (Å²) in [5, 5.41) is 1.03. The van der Waals surface area contributed by atoms with Gasteiger partial charge in [-0.3, -0.25) is 4.79 Å². The summed E-state index contributed by atoms with van der Waals surface area (Å²) in [5.74, 6) is -0.0338. The van der Waals surface area contributed by atoms with Crippen molar-refractivity contribution < 1.29 is 9.53 Å². The summed E-state index contributed by atoms with van der Waals surface area (Å²) in [7, 11) is 1.80. The first-order valence-electron chi connectivity index (χ1n) is 7.30. The van der Waals surface area contributed by atoms with Gasteiger partial charge in [-0.1, -0.05) is 30.3 Å². The Labute approximate surface area is 135 Å². The molecule has 1 unspecified atom stereocenters. The minimum atomic E-state index is -0.0437. The maximum atomic E-state index is 12.2. The number of nitrogens with zero attached hydrogens (tertiary/aromatic N) is 2. The first-order chi connectivity index (χ1) is 10.5. The van der Waals surface area contributed by atoms with E-state index in [1.54, 1.807) is 23.3 Å². The molecule has 2 aromatic rings. The highest BCUT2D eigenvalue weighted by Gasteiger charge is 2.21. The van der Waals surface area contributed by atoms with Gasteiger partial charge in [0.2, 0.25) is 5.91 Å². The molecule has 0 spiro atoms. The number of thiazole rings is 1. The van der Waals surface area contributed by atoms with Crippen LogP contribution in [0, 0.1) is 13.8 Å². The monoisotopic (exact) mass is 318 g/mol. The van der Waals surface area contributed by atoms with E-state index in [2.05, 4.69) is 4.98 Å². The summed E-state index contributed by atoms with van der Waals surface area (Å²) >= 11 is 1.66. The summed E-state index contributed by atoms with van der Waals surface area (Å²) < 4.78 is 5.52. The van der Waals surface area contributed by atoms with Gasteiger partial charge in [-0.2, -0.15) is 0 Å². The molecule has 2 rings (SSSR count). The Morgan fingerprint density at radius 1 is 1.32 bits per heavy atom. The van der Waals surface area contributed by atoms with Crippen molar-refractivity contribution in [1.82, 2.24) is 9.88 Å². The van der Waals surface area contributed by atoms with Gasteiger partial charge in [-0.15, -0.1) is 11.3 Å². The molecule has 1 aromatic heterocycles. The lowest BCUT2D eigenvalue weighted by atomic mass is 10.2. The average molecular weight is 318 g/mol. The third-order valence-electron chi connectivity index (χ3n) is 3.65. The Kier molecular flexibility index (Phi) is 5.69. The molecular weight excluding hydrogens is 296 g/mol. The highest BCUT2D eigenvalue weighted by Crippen LogP contribution is 2.26. The van der Waals surface area contributed by atoms with Crippen molar-refractivity contribution in [2.45, 2.75) is 33.4 Å². The Hall–Kier alpha value is -1.72. The standard InChI is InChI=1S/C17H22N2O2S/c1-12(17-13(2)22-14(3)18-17)19(4)16(20)11-21-10-15-8-6-5-7-9-15/h5-9,12H,10-11H2,1-4H3. The quantitative estimate of drug-likeness (QED) is 0.818. The van der Waals surface area contributed by atoms with Crippen molar-refractivity contribution in [2.24, 2.45) is 0 Å². The number of rotatable bonds is 6. The van der Waals surface area contributed by atoms with Gasteiger partial charge in [0.05, 0.1) is 23.4 Å². The largest absolute Gasteiger partial charge is 0.367 e. The van der Waals surface area contributed by atoms with Crippen molar-refractivity contribution in [3.8, 4) is 0 Å². The van der Waals surface area contributed by atoms with Crippen LogP contribution in [0.5, 0.6) is 0 Å². The van der Waals surface area contributed by atoms with Crippen LogP contribution < -0.4 is 0 Å². The van der Waals surface area contributed by atoms with E-state index in [1.165, 1.54) is 0 Å². The summed E-state index contributed by atoms with van der Waals surface area (Å²) in [4.78, 5) is 19.6. The zero-order valence-electron chi connectivity index (χ0n) is 13.5. The molecular formula is C17H22N2O2S. The van der Waals surface area contributed by atoms with Crippen LogP contribution in [0.25, 0.3) is 0 Å². The normalized spacial score (nSPS) is 12.2. The maximum absolute atomic E-state index is 12.2. The molecule has 0 aliphatic carbocycles. The van der Waals surface area contributed by atoms with Crippen LogP contribution in [-0.2, 0) is 16.1 Å². The van der Waals surface area contributed by atoms with Crippen molar-refractivity contribution >= 4 is 17.2 Å². The van der Waals surface area contributed by atoms with Crippen molar-refractivity contribution in [3.63, 3.8) is 0 Å². The number of hydrogen-bond donors (Lipinski definition) is 0. The molecule has 22 heavy (non-hydrogen) atoms. The molecule has 4 nitrogen and oxygen atoms in total. The van der Waals surface area contributed by atoms with Crippen LogP contribution in [0.4, 0.5) is 0 Å². The van der Waals surface area contributed by atoms with E-state index in [4.69, 9.17) is 4.74 Å². The van der Waals surface area contributed by atoms with Gasteiger partial charge in [0.15, 0.2) is 0 Å². The number of aromatic nitrogens is 1. The summed E-state index contributed by atoms with van der Waals surface area (Å²) in [5.41, 5.74) is 2.04. The number of carbonyl (C=O) groups excluding carboxylic acids is 1. The number of aryl methyl sites for hydroxylation is 2. The lowest BCUT2D eigenvalue weighted by Crippen LogP contribution is -2.33. The Balaban J connectivity index is 1.87. The molecule has 0 bridgehead atoms. The van der Waals surface area contributed by atoms with E-state index < -0.39 is 0 Å². The van der Waals surface area contributed by atoms with Crippen molar-refractivity contribution in [2.75, 3.05) is 13.7 Å². The molecule has 0 saturated heterocycles. The molecule has 5 heteroatoms. The molecule has 0 radical (unpaired) electrons. The van der Waals surface area contributed by atoms with Gasteiger partial charge in [-0.05, 0) is 26.3 Å². The zero-order valence-corrected chi connectivity index (χ0v) is 14.3. The van der Waals surface area contributed by atoms with E-state index in [0.29, 0.717) is 6.61 Å². The minimum absolute atomic E-state index is 0.0338. The van der Waals surface area contributed by atoms with Crippen LogP contribution in [0.2, 0.25) is 0 Å². The van der Waals surface area contributed by atoms with Gasteiger partial charge >= 0.3 is 0 Å². The second-order valence-electron chi connectivity index (χ2n) is 5.33. The molecule has 0 N–H and O–H groups in total. The number of carbonyl (C=O) groups is 1. The Bertz CT molecular complexity index is 625. The van der Waals surface area contributed by atoms with E-state index >= 15 is 0 Å². The smallest absolute Gasteiger partial charge is 0.248 e. The molecule has 0 aliphatic rings. The van der Waals surface area contributed by atoms with Gasteiger partial charge in [-0.25, -0.2) is 4.98 Å². The second-order valence-corrected chi connectivity index (χ2v) is 6.74. The number of benzene rings is 1. The summed E-state index contributed by atoms with van der Waals surface area (Å²) in [6.07, 6.45) is 0. The molecule has 1 aromatic carbocycles. The SMILES string of the molecule is Cc1nc(C(C)N(C)C(=O)COCc2ccccc2)c(C)s1. The van der Waals surface area contributed by atoms with Gasteiger partial charge in [0.25, 0.3) is 0 Å². The predicted molar refractivity (Wildman–Crippen MR) is 88.9 cm³/mol. The number of amides is 1. The number of likely N-dealkylation sites (N-methyl/N-ethyl adjacent to an activating group) is 1. The minimum Gasteiger partial charge on any atom is -0.367 e. The molecule has 0 fully saturated rings. The van der Waals surface area contributed by atoms with Crippen LogP contribution in [0.15, 0.2) is 30.3 Å². The first-order valence-corrected chi connectivity index (χ1v) is 8.12. The molecule has 1 heterocycles. The molecule has 1 amide bonds. The average Bonchev–Trinajstić information content (AvgIpc) is 2.85. The third-order valence-corrected chi connectivity index (χ3v) is 4.55. The van der Waals surface area contributed by atoms with Crippen LogP contribution in [0.3, 0.4) is 0 Å². The van der Waals surface area contributed by atoms with Crippen LogP contribution in [-0.4, -0.2) is 29.4 Å². The van der Waals surface area contributed by atoms with Gasteiger partial charge in [0, 0.05) is 11.9 Å². The predicted octanol–water partition coefficient (Wildman–Crippen LogP) is 3.50. The fraction of sp³-hybridized carbons (Fsp3) is 0.412. The second kappa shape index (κ2) is 7.51. The molecule has 0 aliphatic heterocycles. The van der Waals surface area contributed by atoms with E-state index in [9.17, 15) is 4.79 Å². The van der Waals surface area contributed by atoms with Crippen molar-refractivity contribution in [3.05, 3.63) is 51.5 Å². The van der Waals surface area contributed by atoms with Gasteiger partial charge < -0.3 is 9.64 Å². The lowest BCUT2D eigenvalue weighted by Gasteiger charge is -2.24. The van der Waals surface area contributed by atoms with Crippen LogP contribution >= 0.6 is 11.3 Å². The topological polar surface area (TPSA) is 42.4 Å². The fourth-order valence-electron chi connectivity index (χ4n) is 2.26. The summed E-state index contributed by atoms with van der Waals surface area (Å²) in [6, 6.07) is 9.81. The van der Waals surface area contributed by atoms with E-state index in [1.807, 2.05) is 51.1 Å². The maximum Gasteiger partial charge on any atom is 0.248 e. The highest BCUT2D eigenvalue weighted by molar-refractivity contribution is 7.11. The van der Waals surface area contributed by atoms with Gasteiger partial charge in [0.1, 0.15) is 6.61 Å². The Morgan fingerprint density at radius 2 is 2.00 bits per heavy atom. The lowest BCUT2D eigenvalue weighted by molar-refractivity contribution is -0.137. The van der Waals surface area contributed by atoms with Crippen LogP contribution in [0.1, 0.15) is 34.1 Å². The molecule has 0 saturated carbocycles. The van der Waals surface area contributed by atoms with E-state index in [-0.39, 0.29) is 18.6 Å². The highest BCUT2D eigenvalue weighted by atomic mass is 32.1.